The number of urea groups is 1. The summed E-state index contributed by atoms with van der Waals surface area (Å²) in [6.07, 6.45) is 0. The molecule has 0 spiro atoms. The van der Waals surface area contributed by atoms with Gasteiger partial charge >= 0.3 is 6.03 Å². The zero-order chi connectivity index (χ0) is 21.2. The fourth-order valence-corrected chi connectivity index (χ4v) is 3.48. The molecule has 2 aromatic carbocycles. The average molecular weight is 397 g/mol. The van der Waals surface area contributed by atoms with Gasteiger partial charge in [-0.25, -0.2) is 9.18 Å². The first-order valence-corrected chi connectivity index (χ1v) is 9.47. The second-order valence-electron chi connectivity index (χ2n) is 7.65. The minimum atomic E-state index is -1.22. The standard InChI is InChI=1S/C22H24FN3O3/c1-14(2)19(15-9-11-17(23)12-10-15)24-18(27)13-26-20(28)22(3,25-21(26)29)16-7-5-4-6-8-16/h4-12,14,19H,13H2,1-3H3,(H,24,27)(H,25,29)/t19-,22-/m0/s1. The second-order valence-corrected chi connectivity index (χ2v) is 7.65. The summed E-state index contributed by atoms with van der Waals surface area (Å²) in [6, 6.07) is 13.8. The first kappa shape index (κ1) is 20.5. The van der Waals surface area contributed by atoms with Crippen molar-refractivity contribution in [3.05, 3.63) is 71.5 Å². The molecule has 29 heavy (non-hydrogen) atoms. The minimum absolute atomic E-state index is 0.0297. The van der Waals surface area contributed by atoms with Crippen molar-refractivity contribution in [3.8, 4) is 0 Å². The van der Waals surface area contributed by atoms with E-state index in [-0.39, 0.29) is 17.8 Å². The third kappa shape index (κ3) is 4.13. The van der Waals surface area contributed by atoms with Crippen LogP contribution in [0.4, 0.5) is 9.18 Å². The molecule has 1 fully saturated rings. The van der Waals surface area contributed by atoms with E-state index in [1.807, 2.05) is 19.9 Å². The highest BCUT2D eigenvalue weighted by Crippen LogP contribution is 2.28. The predicted octanol–water partition coefficient (Wildman–Crippen LogP) is 3.11. The molecule has 0 aliphatic carbocycles. The lowest BCUT2D eigenvalue weighted by Crippen LogP contribution is -2.44. The molecule has 2 aromatic rings. The number of hydrogen-bond acceptors (Lipinski definition) is 3. The SMILES string of the molecule is CC(C)[C@H](NC(=O)CN1C(=O)N[C@@](C)(c2ccccc2)C1=O)c1ccc(F)cc1. The fraction of sp³-hybridized carbons (Fsp3) is 0.318. The highest BCUT2D eigenvalue weighted by Gasteiger charge is 2.49. The smallest absolute Gasteiger partial charge is 0.325 e. The van der Waals surface area contributed by atoms with Crippen LogP contribution in [-0.4, -0.2) is 29.3 Å². The first-order chi connectivity index (χ1) is 13.7. The summed E-state index contributed by atoms with van der Waals surface area (Å²) >= 11 is 0. The molecule has 3 rings (SSSR count). The highest BCUT2D eigenvalue weighted by molar-refractivity contribution is 6.09. The van der Waals surface area contributed by atoms with Crippen LogP contribution in [0.1, 0.15) is 37.9 Å². The van der Waals surface area contributed by atoms with Crippen LogP contribution in [0.2, 0.25) is 0 Å². The molecule has 0 bridgehead atoms. The zero-order valence-corrected chi connectivity index (χ0v) is 16.6. The normalized spacial score (nSPS) is 20.0. The minimum Gasteiger partial charge on any atom is -0.347 e. The van der Waals surface area contributed by atoms with E-state index in [4.69, 9.17) is 0 Å². The number of imide groups is 1. The Morgan fingerprint density at radius 3 is 2.31 bits per heavy atom. The number of rotatable bonds is 6. The summed E-state index contributed by atoms with van der Waals surface area (Å²) in [6.45, 7) is 5.08. The maximum Gasteiger partial charge on any atom is 0.325 e. The summed E-state index contributed by atoms with van der Waals surface area (Å²) in [5.74, 6) is -1.27. The molecule has 7 heteroatoms. The number of carbonyl (C=O) groups excluding carboxylic acids is 3. The van der Waals surface area contributed by atoms with Crippen LogP contribution in [0.15, 0.2) is 54.6 Å². The quantitative estimate of drug-likeness (QED) is 0.735. The highest BCUT2D eigenvalue weighted by atomic mass is 19.1. The molecular weight excluding hydrogens is 373 g/mol. The molecule has 1 aliphatic rings. The van der Waals surface area contributed by atoms with E-state index in [1.54, 1.807) is 43.3 Å². The zero-order valence-electron chi connectivity index (χ0n) is 16.6. The molecule has 1 aliphatic heterocycles. The van der Waals surface area contributed by atoms with Crippen molar-refractivity contribution >= 4 is 17.8 Å². The van der Waals surface area contributed by atoms with Crippen molar-refractivity contribution in [2.75, 3.05) is 6.54 Å². The molecule has 0 radical (unpaired) electrons. The van der Waals surface area contributed by atoms with Crippen molar-refractivity contribution in [1.29, 1.82) is 0 Å². The van der Waals surface area contributed by atoms with Gasteiger partial charge in [0.05, 0.1) is 6.04 Å². The lowest BCUT2D eigenvalue weighted by Gasteiger charge is -2.25. The number of amides is 4. The van der Waals surface area contributed by atoms with Crippen molar-refractivity contribution in [1.82, 2.24) is 15.5 Å². The Bertz CT molecular complexity index is 915. The number of nitrogens with zero attached hydrogens (tertiary/aromatic N) is 1. The molecule has 1 heterocycles. The van der Waals surface area contributed by atoms with Crippen LogP contribution < -0.4 is 10.6 Å². The number of carbonyl (C=O) groups is 3. The van der Waals surface area contributed by atoms with Gasteiger partial charge in [0.25, 0.3) is 5.91 Å². The number of halogens is 1. The Hall–Kier alpha value is -3.22. The second kappa shape index (κ2) is 8.03. The molecule has 0 aromatic heterocycles. The summed E-state index contributed by atoms with van der Waals surface area (Å²) < 4.78 is 13.2. The predicted molar refractivity (Wildman–Crippen MR) is 106 cm³/mol. The maximum absolute atomic E-state index is 13.2. The van der Waals surface area contributed by atoms with E-state index in [9.17, 15) is 18.8 Å². The third-order valence-electron chi connectivity index (χ3n) is 5.14. The lowest BCUT2D eigenvalue weighted by molar-refractivity contribution is -0.135. The lowest BCUT2D eigenvalue weighted by atomic mass is 9.92. The van der Waals surface area contributed by atoms with Gasteiger partial charge in [0.15, 0.2) is 0 Å². The van der Waals surface area contributed by atoms with E-state index >= 15 is 0 Å². The van der Waals surface area contributed by atoms with Crippen LogP contribution in [0, 0.1) is 11.7 Å². The summed E-state index contributed by atoms with van der Waals surface area (Å²) in [5, 5.41) is 5.53. The molecule has 0 unspecified atom stereocenters. The average Bonchev–Trinajstić information content (AvgIpc) is 2.91. The molecule has 1 saturated heterocycles. The monoisotopic (exact) mass is 397 g/mol. The molecular formula is C22H24FN3O3. The molecule has 6 nitrogen and oxygen atoms in total. The molecule has 0 saturated carbocycles. The molecule has 152 valence electrons. The Labute approximate surface area is 169 Å². The van der Waals surface area contributed by atoms with Crippen LogP contribution in [0.5, 0.6) is 0 Å². The third-order valence-corrected chi connectivity index (χ3v) is 5.14. The van der Waals surface area contributed by atoms with Gasteiger partial charge in [0.1, 0.15) is 17.9 Å². The van der Waals surface area contributed by atoms with Crippen molar-refractivity contribution < 1.29 is 18.8 Å². The van der Waals surface area contributed by atoms with Crippen LogP contribution in [-0.2, 0) is 15.1 Å². The topological polar surface area (TPSA) is 78.5 Å². The van der Waals surface area contributed by atoms with Crippen LogP contribution in [0.3, 0.4) is 0 Å². The van der Waals surface area contributed by atoms with Crippen molar-refractivity contribution in [2.24, 2.45) is 5.92 Å². The molecule has 2 atom stereocenters. The number of hydrogen-bond donors (Lipinski definition) is 2. The van der Waals surface area contributed by atoms with Gasteiger partial charge in [-0.2, -0.15) is 0 Å². The van der Waals surface area contributed by atoms with Crippen molar-refractivity contribution in [3.63, 3.8) is 0 Å². The maximum atomic E-state index is 13.2. The van der Waals surface area contributed by atoms with E-state index < -0.39 is 29.9 Å². The Morgan fingerprint density at radius 1 is 1.10 bits per heavy atom. The molecule has 2 N–H and O–H groups in total. The van der Waals surface area contributed by atoms with E-state index in [1.165, 1.54) is 12.1 Å². The van der Waals surface area contributed by atoms with Gasteiger partial charge in [-0.05, 0) is 36.1 Å². The number of nitrogens with one attached hydrogen (secondary N) is 2. The van der Waals surface area contributed by atoms with Gasteiger partial charge in [-0.1, -0.05) is 56.3 Å². The van der Waals surface area contributed by atoms with Gasteiger partial charge in [0.2, 0.25) is 5.91 Å². The van der Waals surface area contributed by atoms with Crippen LogP contribution in [0.25, 0.3) is 0 Å². The summed E-state index contributed by atoms with van der Waals surface area (Å²) in [5.41, 5.74) is 0.182. The molecule has 4 amide bonds. The van der Waals surface area contributed by atoms with Crippen molar-refractivity contribution in [2.45, 2.75) is 32.4 Å². The Balaban J connectivity index is 1.73. The van der Waals surface area contributed by atoms with E-state index in [0.717, 1.165) is 10.5 Å². The Kier molecular flexibility index (Phi) is 5.68. The van der Waals surface area contributed by atoms with E-state index in [0.29, 0.717) is 5.56 Å². The largest absolute Gasteiger partial charge is 0.347 e. The van der Waals surface area contributed by atoms with Gasteiger partial charge in [-0.3, -0.25) is 14.5 Å². The van der Waals surface area contributed by atoms with Gasteiger partial charge < -0.3 is 10.6 Å². The van der Waals surface area contributed by atoms with Crippen LogP contribution >= 0.6 is 0 Å². The van der Waals surface area contributed by atoms with Gasteiger partial charge in [0, 0.05) is 0 Å². The van der Waals surface area contributed by atoms with Gasteiger partial charge in [-0.15, -0.1) is 0 Å². The Morgan fingerprint density at radius 2 is 1.72 bits per heavy atom. The summed E-state index contributed by atoms with van der Waals surface area (Å²) in [4.78, 5) is 38.9. The summed E-state index contributed by atoms with van der Waals surface area (Å²) in [7, 11) is 0. The first-order valence-electron chi connectivity index (χ1n) is 9.47. The fourth-order valence-electron chi connectivity index (χ4n) is 3.48. The van der Waals surface area contributed by atoms with E-state index in [2.05, 4.69) is 10.6 Å². The number of benzene rings is 2.